The van der Waals surface area contributed by atoms with Crippen molar-refractivity contribution in [3.05, 3.63) is 0 Å². The highest BCUT2D eigenvalue weighted by atomic mass is 32.2. The molecule has 1 rings (SSSR count). The maximum atomic E-state index is 12.1. The van der Waals surface area contributed by atoms with Gasteiger partial charge in [0.1, 0.15) is 0 Å². The van der Waals surface area contributed by atoms with Gasteiger partial charge in [0.05, 0.1) is 21.0 Å². The van der Waals surface area contributed by atoms with Crippen molar-refractivity contribution in [2.45, 2.75) is 44.1 Å². The number of nitrogens with zero attached hydrogens (tertiary/aromatic N) is 2. The summed E-state index contributed by atoms with van der Waals surface area (Å²) >= 11 is 0. The second-order valence-electron chi connectivity index (χ2n) is 7.41. The first-order valence-electron chi connectivity index (χ1n) is 7.64. The molecule has 0 aromatic carbocycles. The van der Waals surface area contributed by atoms with E-state index in [-0.39, 0.29) is 18.1 Å². The van der Waals surface area contributed by atoms with Gasteiger partial charge in [-0.05, 0) is 34.6 Å². The van der Waals surface area contributed by atoms with Crippen molar-refractivity contribution in [1.29, 1.82) is 0 Å². The van der Waals surface area contributed by atoms with Crippen LogP contribution >= 0.6 is 0 Å². The Morgan fingerprint density at radius 1 is 1.30 bits per heavy atom. The molecule has 0 amide bonds. The van der Waals surface area contributed by atoms with Crippen LogP contribution in [0.4, 0.5) is 0 Å². The number of hydrogen-bond acceptors (Lipinski definition) is 5. The van der Waals surface area contributed by atoms with Gasteiger partial charge in [0.15, 0.2) is 25.6 Å². The molecule has 0 bridgehead atoms. The van der Waals surface area contributed by atoms with Gasteiger partial charge in [-0.3, -0.25) is 4.99 Å². The summed E-state index contributed by atoms with van der Waals surface area (Å²) in [5.41, 5.74) is 0. The summed E-state index contributed by atoms with van der Waals surface area (Å²) in [4.78, 5) is 6.01. The standard InChI is InChI=1S/C14H29N3O4S2/c1-13(2,3)22(18,19)9-7-16-12(15-6)17-8-10-23(20,21)14(4,5)11-17/h7-11H2,1-6H3,(H,15,16). The minimum atomic E-state index is -3.21. The molecule has 0 aromatic rings. The molecule has 1 aliphatic heterocycles. The molecule has 0 aliphatic carbocycles. The Labute approximate surface area is 140 Å². The Hall–Kier alpha value is -0.830. The zero-order valence-corrected chi connectivity index (χ0v) is 16.5. The number of sulfone groups is 2. The molecule has 1 N–H and O–H groups in total. The number of rotatable bonds is 3. The highest BCUT2D eigenvalue weighted by Gasteiger charge is 2.41. The van der Waals surface area contributed by atoms with Crippen LogP contribution in [0.3, 0.4) is 0 Å². The van der Waals surface area contributed by atoms with Crippen molar-refractivity contribution in [3.63, 3.8) is 0 Å². The maximum Gasteiger partial charge on any atom is 0.193 e. The summed E-state index contributed by atoms with van der Waals surface area (Å²) in [6.07, 6.45) is 0. The molecule has 0 aromatic heterocycles. The molecule has 7 nitrogen and oxygen atoms in total. The van der Waals surface area contributed by atoms with E-state index in [2.05, 4.69) is 10.3 Å². The van der Waals surface area contributed by atoms with Crippen molar-refractivity contribution in [2.24, 2.45) is 4.99 Å². The van der Waals surface area contributed by atoms with E-state index < -0.39 is 29.2 Å². The van der Waals surface area contributed by atoms with E-state index in [1.807, 2.05) is 4.90 Å². The van der Waals surface area contributed by atoms with Crippen molar-refractivity contribution < 1.29 is 16.8 Å². The van der Waals surface area contributed by atoms with Crippen LogP contribution in [0.1, 0.15) is 34.6 Å². The zero-order chi connectivity index (χ0) is 18.1. The lowest BCUT2D eigenvalue weighted by molar-refractivity contribution is 0.354. The van der Waals surface area contributed by atoms with Crippen LogP contribution < -0.4 is 5.32 Å². The van der Waals surface area contributed by atoms with Crippen LogP contribution in [0.2, 0.25) is 0 Å². The maximum absolute atomic E-state index is 12.1. The molecule has 0 spiro atoms. The summed E-state index contributed by atoms with van der Waals surface area (Å²) in [5, 5.41) is 3.03. The monoisotopic (exact) mass is 367 g/mol. The van der Waals surface area contributed by atoms with Crippen molar-refractivity contribution in [2.75, 3.05) is 38.2 Å². The van der Waals surface area contributed by atoms with E-state index in [1.165, 1.54) is 0 Å². The highest BCUT2D eigenvalue weighted by molar-refractivity contribution is 7.93. The minimum Gasteiger partial charge on any atom is -0.355 e. The second-order valence-corrected chi connectivity index (χ2v) is 13.0. The van der Waals surface area contributed by atoms with Crippen LogP contribution in [0, 0.1) is 0 Å². The van der Waals surface area contributed by atoms with Crippen LogP contribution in [-0.4, -0.2) is 75.4 Å². The lowest BCUT2D eigenvalue weighted by Gasteiger charge is -2.39. The van der Waals surface area contributed by atoms with E-state index in [0.29, 0.717) is 19.0 Å². The molecule has 0 saturated carbocycles. The Bertz CT molecular complexity index is 659. The average molecular weight is 368 g/mol. The summed E-state index contributed by atoms with van der Waals surface area (Å²) in [6.45, 7) is 9.37. The van der Waals surface area contributed by atoms with E-state index in [0.717, 1.165) is 0 Å². The van der Waals surface area contributed by atoms with Gasteiger partial charge in [0.25, 0.3) is 0 Å². The topological polar surface area (TPSA) is 95.9 Å². The molecule has 23 heavy (non-hydrogen) atoms. The number of hydrogen-bond donors (Lipinski definition) is 1. The fraction of sp³-hybridized carbons (Fsp3) is 0.929. The second kappa shape index (κ2) is 6.58. The lowest BCUT2D eigenvalue weighted by atomic mass is 10.2. The third-order valence-electron chi connectivity index (χ3n) is 4.14. The summed E-state index contributed by atoms with van der Waals surface area (Å²) in [7, 11) is -4.72. The normalized spacial score (nSPS) is 22.0. The molecular weight excluding hydrogens is 338 g/mol. The first kappa shape index (κ1) is 20.2. The van der Waals surface area contributed by atoms with Gasteiger partial charge >= 0.3 is 0 Å². The smallest absolute Gasteiger partial charge is 0.193 e. The molecule has 1 heterocycles. The van der Waals surface area contributed by atoms with Gasteiger partial charge in [-0.15, -0.1) is 0 Å². The predicted molar refractivity (Wildman–Crippen MR) is 94.3 cm³/mol. The van der Waals surface area contributed by atoms with E-state index >= 15 is 0 Å². The molecule has 0 atom stereocenters. The third kappa shape index (κ3) is 4.59. The van der Waals surface area contributed by atoms with Gasteiger partial charge in [0.2, 0.25) is 0 Å². The van der Waals surface area contributed by atoms with Gasteiger partial charge in [0, 0.05) is 26.7 Å². The SMILES string of the molecule is CN=C(NCCS(=O)(=O)C(C)(C)C)N1CCS(=O)(=O)C(C)(C)C1. The Morgan fingerprint density at radius 3 is 2.30 bits per heavy atom. The first-order chi connectivity index (χ1) is 10.2. The number of guanidine groups is 1. The fourth-order valence-electron chi connectivity index (χ4n) is 2.26. The van der Waals surface area contributed by atoms with Gasteiger partial charge in [-0.2, -0.15) is 0 Å². The summed E-state index contributed by atoms with van der Waals surface area (Å²) in [6, 6.07) is 0. The highest BCUT2D eigenvalue weighted by Crippen LogP contribution is 2.23. The third-order valence-corrected chi connectivity index (χ3v) is 9.28. The largest absolute Gasteiger partial charge is 0.355 e. The Balaban J connectivity index is 2.71. The van der Waals surface area contributed by atoms with Gasteiger partial charge in [-0.1, -0.05) is 0 Å². The zero-order valence-electron chi connectivity index (χ0n) is 14.9. The summed E-state index contributed by atoms with van der Waals surface area (Å²) in [5.74, 6) is 0.614. The van der Waals surface area contributed by atoms with Crippen molar-refractivity contribution in [3.8, 4) is 0 Å². The molecule has 1 saturated heterocycles. The van der Waals surface area contributed by atoms with Crippen LogP contribution in [0.5, 0.6) is 0 Å². The fourth-order valence-corrected chi connectivity index (χ4v) is 4.61. The van der Waals surface area contributed by atoms with Crippen LogP contribution in [-0.2, 0) is 19.7 Å². The van der Waals surface area contributed by atoms with Crippen LogP contribution in [0.15, 0.2) is 4.99 Å². The van der Waals surface area contributed by atoms with E-state index in [4.69, 9.17) is 0 Å². The lowest BCUT2D eigenvalue weighted by Crippen LogP contribution is -2.57. The first-order valence-corrected chi connectivity index (χ1v) is 10.9. The molecule has 0 radical (unpaired) electrons. The molecule has 9 heteroatoms. The van der Waals surface area contributed by atoms with E-state index in [9.17, 15) is 16.8 Å². The Morgan fingerprint density at radius 2 is 1.87 bits per heavy atom. The minimum absolute atomic E-state index is 0.00501. The predicted octanol–water partition coefficient (Wildman–Crippen LogP) is 0.284. The molecule has 0 unspecified atom stereocenters. The van der Waals surface area contributed by atoms with Gasteiger partial charge < -0.3 is 10.2 Å². The number of aliphatic imine (C=N–C) groups is 1. The van der Waals surface area contributed by atoms with E-state index in [1.54, 1.807) is 41.7 Å². The molecule has 136 valence electrons. The number of nitrogens with one attached hydrogen (secondary N) is 1. The molecule has 1 fully saturated rings. The quantitative estimate of drug-likeness (QED) is 0.569. The Kier molecular flexibility index (Phi) is 5.79. The van der Waals surface area contributed by atoms with Crippen molar-refractivity contribution in [1.82, 2.24) is 10.2 Å². The summed E-state index contributed by atoms with van der Waals surface area (Å²) < 4.78 is 46.7. The molecular formula is C14H29N3O4S2. The molecule has 1 aliphatic rings. The van der Waals surface area contributed by atoms with Gasteiger partial charge in [-0.25, -0.2) is 16.8 Å². The average Bonchev–Trinajstić information content (AvgIpc) is 2.37. The van der Waals surface area contributed by atoms with Crippen molar-refractivity contribution >= 4 is 25.6 Å². The van der Waals surface area contributed by atoms with Crippen LogP contribution in [0.25, 0.3) is 0 Å².